The summed E-state index contributed by atoms with van der Waals surface area (Å²) in [6.07, 6.45) is 5.11. The number of hydrazone groups is 1. The van der Waals surface area contributed by atoms with Crippen molar-refractivity contribution < 1.29 is 14.4 Å². The molecule has 0 spiro atoms. The monoisotopic (exact) mass is 391 g/mol. The van der Waals surface area contributed by atoms with Crippen molar-refractivity contribution in [3.63, 3.8) is 0 Å². The van der Waals surface area contributed by atoms with Crippen LogP contribution in [0.1, 0.15) is 43.7 Å². The summed E-state index contributed by atoms with van der Waals surface area (Å²) in [7, 11) is 1.73. The molecule has 6 nitrogen and oxygen atoms in total. The highest BCUT2D eigenvalue weighted by Gasteiger charge is 2.18. The molecule has 1 aromatic carbocycles. The Kier molecular flexibility index (Phi) is 7.43. The van der Waals surface area contributed by atoms with Gasteiger partial charge in [-0.15, -0.1) is 0 Å². The normalized spacial score (nSPS) is 20.7. The zero-order valence-electron chi connectivity index (χ0n) is 16.3. The predicted molar refractivity (Wildman–Crippen MR) is 112 cm³/mol. The van der Waals surface area contributed by atoms with Gasteiger partial charge in [-0.2, -0.15) is 5.10 Å². The third-order valence-corrected chi connectivity index (χ3v) is 5.52. The van der Waals surface area contributed by atoms with E-state index in [1.54, 1.807) is 12.0 Å². The number of benzene rings is 1. The first kappa shape index (κ1) is 20.0. The number of rotatable bonds is 7. The molecule has 0 aliphatic carbocycles. The molecule has 2 fully saturated rings. The van der Waals surface area contributed by atoms with Gasteiger partial charge in [0.1, 0.15) is 12.3 Å². The molecule has 3 rings (SSSR count). The molecular formula is C20H31N4O2S+. The molecule has 2 aliphatic heterocycles. The third kappa shape index (κ3) is 5.89. The van der Waals surface area contributed by atoms with Gasteiger partial charge < -0.3 is 19.7 Å². The zero-order valence-corrected chi connectivity index (χ0v) is 17.2. The summed E-state index contributed by atoms with van der Waals surface area (Å²) in [6.45, 7) is 7.05. The number of ether oxygens (including phenoxy) is 2. The largest absolute Gasteiger partial charge is 0.496 e. The highest BCUT2D eigenvalue weighted by Crippen LogP contribution is 2.20. The van der Waals surface area contributed by atoms with Crippen molar-refractivity contribution in [2.75, 3.05) is 33.4 Å². The Balaban J connectivity index is 1.58. The molecule has 0 amide bonds. The number of methoxy groups -OCH3 is 1. The van der Waals surface area contributed by atoms with Crippen LogP contribution < -0.4 is 20.4 Å². The van der Waals surface area contributed by atoms with Gasteiger partial charge in [0.15, 0.2) is 5.11 Å². The minimum absolute atomic E-state index is 0.257. The van der Waals surface area contributed by atoms with Crippen LogP contribution in [0, 0.1) is 0 Å². The summed E-state index contributed by atoms with van der Waals surface area (Å²) in [5.41, 5.74) is 6.16. The molecular weight excluding hydrogens is 360 g/mol. The van der Waals surface area contributed by atoms with Crippen LogP contribution in [0.15, 0.2) is 23.3 Å². The summed E-state index contributed by atoms with van der Waals surface area (Å²) in [4.78, 5) is 1.62. The minimum atomic E-state index is 0.257. The van der Waals surface area contributed by atoms with Gasteiger partial charge in [0, 0.05) is 31.6 Å². The first-order valence-corrected chi connectivity index (χ1v) is 10.3. The third-order valence-electron chi connectivity index (χ3n) is 5.29. The lowest BCUT2D eigenvalue weighted by Crippen LogP contribution is -3.08. The van der Waals surface area contributed by atoms with E-state index in [-0.39, 0.29) is 6.10 Å². The molecule has 3 N–H and O–H groups in total. The Morgan fingerprint density at radius 2 is 2.15 bits per heavy atom. The van der Waals surface area contributed by atoms with Crippen molar-refractivity contribution in [1.29, 1.82) is 0 Å². The number of hydrogen-bond donors (Lipinski definition) is 3. The molecule has 0 unspecified atom stereocenters. The Bertz CT molecular complexity index is 668. The van der Waals surface area contributed by atoms with E-state index in [1.165, 1.54) is 31.5 Å². The van der Waals surface area contributed by atoms with E-state index in [9.17, 15) is 0 Å². The molecule has 0 aromatic heterocycles. The van der Waals surface area contributed by atoms with E-state index in [0.717, 1.165) is 49.6 Å². The van der Waals surface area contributed by atoms with Crippen molar-refractivity contribution in [3.8, 4) is 5.75 Å². The molecule has 7 heteroatoms. The molecule has 0 bridgehead atoms. The molecule has 2 aliphatic rings. The highest BCUT2D eigenvalue weighted by atomic mass is 32.1. The molecule has 1 aromatic rings. The lowest BCUT2D eigenvalue weighted by atomic mass is 10.1. The number of nitrogens with zero attached hydrogens (tertiary/aromatic N) is 1. The quantitative estimate of drug-likeness (QED) is 0.371. The van der Waals surface area contributed by atoms with Gasteiger partial charge in [-0.3, -0.25) is 5.43 Å². The Hall–Kier alpha value is -1.70. The van der Waals surface area contributed by atoms with E-state index in [0.29, 0.717) is 5.11 Å². The summed E-state index contributed by atoms with van der Waals surface area (Å²) >= 11 is 5.31. The molecule has 0 saturated carbocycles. The standard InChI is InChI=1S/C20H30N4O2S/c1-15(22-23-20(27)21-13-18-6-5-11-26-18)16-7-8-19(25-2)17(12-16)14-24-9-3-4-10-24/h7-8,12,18H,3-6,9-11,13-14H2,1-2H3,(H2,21,23,27)/p+1/b22-15-/t18-/m0/s1. The Morgan fingerprint density at radius 1 is 1.33 bits per heavy atom. The van der Waals surface area contributed by atoms with Crippen LogP contribution in [-0.4, -0.2) is 50.3 Å². The molecule has 2 saturated heterocycles. The van der Waals surface area contributed by atoms with Gasteiger partial charge in [0.2, 0.25) is 0 Å². The predicted octanol–water partition coefficient (Wildman–Crippen LogP) is 1.24. The fraction of sp³-hybridized carbons (Fsp3) is 0.600. The topological polar surface area (TPSA) is 59.3 Å². The van der Waals surface area contributed by atoms with Gasteiger partial charge in [-0.05, 0) is 55.7 Å². The summed E-state index contributed by atoms with van der Waals surface area (Å²) in [6, 6.07) is 6.27. The number of hydrogen-bond acceptors (Lipinski definition) is 4. The van der Waals surface area contributed by atoms with E-state index < -0.39 is 0 Å². The van der Waals surface area contributed by atoms with Crippen LogP contribution in [0.4, 0.5) is 0 Å². The highest BCUT2D eigenvalue weighted by molar-refractivity contribution is 7.80. The van der Waals surface area contributed by atoms with Crippen LogP contribution >= 0.6 is 12.2 Å². The second kappa shape index (κ2) is 10.0. The maximum Gasteiger partial charge on any atom is 0.187 e. The van der Waals surface area contributed by atoms with E-state index >= 15 is 0 Å². The molecule has 148 valence electrons. The van der Waals surface area contributed by atoms with E-state index in [2.05, 4.69) is 21.9 Å². The Morgan fingerprint density at radius 3 is 2.85 bits per heavy atom. The molecule has 0 radical (unpaired) electrons. The summed E-state index contributed by atoms with van der Waals surface area (Å²) in [5.74, 6) is 0.952. The smallest absolute Gasteiger partial charge is 0.187 e. The SMILES string of the molecule is COc1ccc(/C(C)=N\NC(=S)NC[C@@H]2CCCO2)cc1C[NH+]1CCCC1. The molecule has 2 heterocycles. The lowest BCUT2D eigenvalue weighted by Gasteiger charge is -2.16. The van der Waals surface area contributed by atoms with Crippen molar-refractivity contribution in [3.05, 3.63) is 29.3 Å². The second-order valence-corrected chi connectivity index (χ2v) is 7.72. The second-order valence-electron chi connectivity index (χ2n) is 7.31. The van der Waals surface area contributed by atoms with Crippen LogP contribution in [-0.2, 0) is 11.3 Å². The lowest BCUT2D eigenvalue weighted by molar-refractivity contribution is -0.901. The number of nitrogens with one attached hydrogen (secondary N) is 3. The zero-order chi connectivity index (χ0) is 19.1. The fourth-order valence-electron chi connectivity index (χ4n) is 3.71. The fourth-order valence-corrected chi connectivity index (χ4v) is 3.84. The first-order valence-electron chi connectivity index (χ1n) is 9.86. The first-order chi connectivity index (χ1) is 13.2. The van der Waals surface area contributed by atoms with Gasteiger partial charge in [-0.25, -0.2) is 0 Å². The maximum atomic E-state index is 5.59. The summed E-state index contributed by atoms with van der Waals surface area (Å²) < 4.78 is 11.1. The van der Waals surface area contributed by atoms with E-state index in [1.807, 2.05) is 19.1 Å². The number of quaternary nitrogens is 1. The van der Waals surface area contributed by atoms with Crippen molar-refractivity contribution >= 4 is 23.0 Å². The van der Waals surface area contributed by atoms with Crippen LogP contribution in [0.5, 0.6) is 5.75 Å². The van der Waals surface area contributed by atoms with Gasteiger partial charge >= 0.3 is 0 Å². The molecule has 27 heavy (non-hydrogen) atoms. The van der Waals surface area contributed by atoms with Crippen LogP contribution in [0.3, 0.4) is 0 Å². The van der Waals surface area contributed by atoms with Crippen molar-refractivity contribution in [2.45, 2.75) is 45.3 Å². The molecule has 1 atom stereocenters. The van der Waals surface area contributed by atoms with Gasteiger partial charge in [-0.1, -0.05) is 0 Å². The van der Waals surface area contributed by atoms with Gasteiger partial charge in [0.25, 0.3) is 0 Å². The average molecular weight is 392 g/mol. The van der Waals surface area contributed by atoms with Crippen molar-refractivity contribution in [1.82, 2.24) is 10.7 Å². The average Bonchev–Trinajstić information content (AvgIpc) is 3.38. The number of thiocarbonyl (C=S) groups is 1. The van der Waals surface area contributed by atoms with Gasteiger partial charge in [0.05, 0.1) is 32.0 Å². The minimum Gasteiger partial charge on any atom is -0.496 e. The Labute approximate surface area is 167 Å². The van der Waals surface area contributed by atoms with Crippen molar-refractivity contribution in [2.24, 2.45) is 5.10 Å². The maximum absolute atomic E-state index is 5.59. The van der Waals surface area contributed by atoms with E-state index in [4.69, 9.17) is 21.7 Å². The van der Waals surface area contributed by atoms with Crippen LogP contribution in [0.2, 0.25) is 0 Å². The summed E-state index contributed by atoms with van der Waals surface area (Å²) in [5, 5.41) is 8.14. The number of likely N-dealkylation sites (tertiary alicyclic amines) is 1. The van der Waals surface area contributed by atoms with Crippen LogP contribution in [0.25, 0.3) is 0 Å².